The van der Waals surface area contributed by atoms with Gasteiger partial charge in [0.25, 0.3) is 0 Å². The van der Waals surface area contributed by atoms with E-state index in [-0.39, 0.29) is 11.9 Å². The first-order chi connectivity index (χ1) is 9.67. The number of halogens is 1. The van der Waals surface area contributed by atoms with Crippen LogP contribution in [0.15, 0.2) is 42.5 Å². The molecule has 2 aromatic rings. The van der Waals surface area contributed by atoms with Crippen molar-refractivity contribution < 1.29 is 9.13 Å². The summed E-state index contributed by atoms with van der Waals surface area (Å²) in [7, 11) is 1.65. The molecule has 2 rings (SSSR count). The highest BCUT2D eigenvalue weighted by molar-refractivity contribution is 5.54. The molecule has 20 heavy (non-hydrogen) atoms. The second-order valence-corrected chi connectivity index (χ2v) is 4.78. The van der Waals surface area contributed by atoms with Crippen LogP contribution in [0.3, 0.4) is 0 Å². The minimum Gasteiger partial charge on any atom is -0.496 e. The third-order valence-electron chi connectivity index (χ3n) is 3.46. The van der Waals surface area contributed by atoms with Gasteiger partial charge in [0.2, 0.25) is 0 Å². The summed E-state index contributed by atoms with van der Waals surface area (Å²) in [6, 6.07) is 13.0. The van der Waals surface area contributed by atoms with Crippen LogP contribution in [0, 0.1) is 12.7 Å². The molecule has 0 bridgehead atoms. The van der Waals surface area contributed by atoms with Crippen molar-refractivity contribution in [3.8, 4) is 5.75 Å². The number of para-hydroxylation sites is 2. The predicted molar refractivity (Wildman–Crippen MR) is 80.8 cm³/mol. The van der Waals surface area contributed by atoms with Gasteiger partial charge in [-0.3, -0.25) is 0 Å². The number of anilines is 1. The quantitative estimate of drug-likeness (QED) is 0.852. The van der Waals surface area contributed by atoms with Crippen molar-refractivity contribution in [1.82, 2.24) is 0 Å². The molecule has 0 radical (unpaired) electrons. The molecule has 0 saturated heterocycles. The Bertz CT molecular complexity index is 563. The zero-order valence-corrected chi connectivity index (χ0v) is 12.1. The fourth-order valence-electron chi connectivity index (χ4n) is 2.34. The monoisotopic (exact) mass is 273 g/mol. The van der Waals surface area contributed by atoms with Crippen molar-refractivity contribution in [1.29, 1.82) is 0 Å². The van der Waals surface area contributed by atoms with Gasteiger partial charge in [0.15, 0.2) is 0 Å². The number of hydrogen-bond donors (Lipinski definition) is 1. The van der Waals surface area contributed by atoms with Gasteiger partial charge >= 0.3 is 0 Å². The maximum absolute atomic E-state index is 14.0. The van der Waals surface area contributed by atoms with Crippen molar-refractivity contribution >= 4 is 5.69 Å². The largest absolute Gasteiger partial charge is 0.496 e. The highest BCUT2D eigenvalue weighted by Crippen LogP contribution is 2.31. The molecule has 3 heteroatoms. The van der Waals surface area contributed by atoms with Crippen LogP contribution < -0.4 is 10.1 Å². The lowest BCUT2D eigenvalue weighted by Gasteiger charge is -2.22. The van der Waals surface area contributed by atoms with Crippen LogP contribution in [0.4, 0.5) is 10.1 Å². The van der Waals surface area contributed by atoms with Crippen molar-refractivity contribution in [2.75, 3.05) is 12.4 Å². The summed E-state index contributed by atoms with van der Waals surface area (Å²) >= 11 is 0. The van der Waals surface area contributed by atoms with Gasteiger partial charge in [-0.25, -0.2) is 4.39 Å². The van der Waals surface area contributed by atoms with E-state index >= 15 is 0 Å². The highest BCUT2D eigenvalue weighted by atomic mass is 19.1. The maximum Gasteiger partial charge on any atom is 0.146 e. The lowest BCUT2D eigenvalue weighted by molar-refractivity contribution is 0.406. The van der Waals surface area contributed by atoms with Crippen molar-refractivity contribution in [3.63, 3.8) is 0 Å². The summed E-state index contributed by atoms with van der Waals surface area (Å²) in [5.41, 5.74) is 2.50. The average Bonchev–Trinajstić information content (AvgIpc) is 2.47. The lowest BCUT2D eigenvalue weighted by Crippen LogP contribution is -2.13. The van der Waals surface area contributed by atoms with Gasteiger partial charge in [-0.2, -0.15) is 0 Å². The Labute approximate surface area is 119 Å². The Morgan fingerprint density at radius 3 is 2.55 bits per heavy atom. The Morgan fingerprint density at radius 1 is 1.15 bits per heavy atom. The Balaban J connectivity index is 2.34. The third kappa shape index (κ3) is 2.93. The molecule has 0 amide bonds. The van der Waals surface area contributed by atoms with E-state index in [1.54, 1.807) is 13.2 Å². The molecule has 0 aliphatic heterocycles. The third-order valence-corrected chi connectivity index (χ3v) is 3.46. The maximum atomic E-state index is 14.0. The first-order valence-electron chi connectivity index (χ1n) is 6.82. The van der Waals surface area contributed by atoms with Gasteiger partial charge in [-0.1, -0.05) is 37.3 Å². The number of ether oxygens (including phenoxy) is 1. The molecule has 0 saturated carbocycles. The van der Waals surface area contributed by atoms with E-state index in [4.69, 9.17) is 4.74 Å². The summed E-state index contributed by atoms with van der Waals surface area (Å²) in [5.74, 6) is 0.596. The summed E-state index contributed by atoms with van der Waals surface area (Å²) in [6.45, 7) is 3.97. The molecule has 0 heterocycles. The second kappa shape index (κ2) is 6.42. The molecular formula is C17H20FNO. The van der Waals surface area contributed by atoms with Gasteiger partial charge in [0.1, 0.15) is 11.6 Å². The summed E-state index contributed by atoms with van der Waals surface area (Å²) < 4.78 is 19.3. The molecule has 0 aromatic heterocycles. The standard InChI is InChI=1S/C17H20FNO/c1-4-15(13-9-5-6-11-16(13)20-3)19-17-12(2)8-7-10-14(17)18/h5-11,15,19H,4H2,1-3H3. The van der Waals surface area contributed by atoms with Crippen molar-refractivity contribution in [2.24, 2.45) is 0 Å². The molecular weight excluding hydrogens is 253 g/mol. The van der Waals surface area contributed by atoms with E-state index in [0.29, 0.717) is 5.69 Å². The van der Waals surface area contributed by atoms with Crippen LogP contribution in [0.25, 0.3) is 0 Å². The molecule has 0 spiro atoms. The van der Waals surface area contributed by atoms with Crippen molar-refractivity contribution in [3.05, 3.63) is 59.4 Å². The van der Waals surface area contributed by atoms with E-state index in [0.717, 1.165) is 23.3 Å². The first kappa shape index (κ1) is 14.4. The number of benzene rings is 2. The first-order valence-corrected chi connectivity index (χ1v) is 6.82. The number of nitrogens with one attached hydrogen (secondary N) is 1. The summed E-state index contributed by atoms with van der Waals surface area (Å²) in [5, 5.41) is 3.30. The highest BCUT2D eigenvalue weighted by Gasteiger charge is 2.16. The molecule has 2 aromatic carbocycles. The van der Waals surface area contributed by atoms with Crippen molar-refractivity contribution in [2.45, 2.75) is 26.3 Å². The van der Waals surface area contributed by atoms with Gasteiger partial charge in [-0.05, 0) is 31.0 Å². The van der Waals surface area contributed by atoms with Gasteiger partial charge < -0.3 is 10.1 Å². The summed E-state index contributed by atoms with van der Waals surface area (Å²) in [6.07, 6.45) is 0.841. The van der Waals surface area contributed by atoms with Crippen LogP contribution >= 0.6 is 0 Å². The minimum atomic E-state index is -0.224. The fourth-order valence-corrected chi connectivity index (χ4v) is 2.34. The van der Waals surface area contributed by atoms with E-state index in [2.05, 4.69) is 12.2 Å². The van der Waals surface area contributed by atoms with Crippen LogP contribution in [0.1, 0.15) is 30.5 Å². The molecule has 0 aliphatic carbocycles. The molecule has 0 aliphatic rings. The molecule has 2 nitrogen and oxygen atoms in total. The van der Waals surface area contributed by atoms with Crippen LogP contribution in [0.5, 0.6) is 5.75 Å². The number of hydrogen-bond acceptors (Lipinski definition) is 2. The smallest absolute Gasteiger partial charge is 0.146 e. The molecule has 1 atom stereocenters. The van der Waals surface area contributed by atoms with Gasteiger partial charge in [0, 0.05) is 5.56 Å². The van der Waals surface area contributed by atoms with Crippen LogP contribution in [0.2, 0.25) is 0 Å². The van der Waals surface area contributed by atoms with E-state index in [1.165, 1.54) is 6.07 Å². The van der Waals surface area contributed by atoms with E-state index < -0.39 is 0 Å². The molecule has 106 valence electrons. The van der Waals surface area contributed by atoms with E-state index in [1.807, 2.05) is 37.3 Å². The lowest BCUT2D eigenvalue weighted by atomic mass is 10.0. The van der Waals surface area contributed by atoms with Crippen LogP contribution in [-0.2, 0) is 0 Å². The van der Waals surface area contributed by atoms with Gasteiger partial charge in [0.05, 0.1) is 18.8 Å². The molecule has 1 unspecified atom stereocenters. The normalized spacial score (nSPS) is 12.0. The topological polar surface area (TPSA) is 21.3 Å². The zero-order valence-electron chi connectivity index (χ0n) is 12.1. The average molecular weight is 273 g/mol. The summed E-state index contributed by atoms with van der Waals surface area (Å²) in [4.78, 5) is 0. The van der Waals surface area contributed by atoms with Gasteiger partial charge in [-0.15, -0.1) is 0 Å². The predicted octanol–water partition coefficient (Wildman–Crippen LogP) is 4.71. The number of rotatable bonds is 5. The Hall–Kier alpha value is -2.03. The second-order valence-electron chi connectivity index (χ2n) is 4.78. The Morgan fingerprint density at radius 2 is 1.90 bits per heavy atom. The SMILES string of the molecule is CCC(Nc1c(C)cccc1F)c1ccccc1OC. The molecule has 1 N–H and O–H groups in total. The van der Waals surface area contributed by atoms with E-state index in [9.17, 15) is 4.39 Å². The van der Waals surface area contributed by atoms with Crippen LogP contribution in [-0.4, -0.2) is 7.11 Å². The zero-order chi connectivity index (χ0) is 14.5. The Kier molecular flexibility index (Phi) is 4.61. The molecule has 0 fully saturated rings. The minimum absolute atomic E-state index is 0.0155. The fraction of sp³-hybridized carbons (Fsp3) is 0.294. The number of aryl methyl sites for hydroxylation is 1. The number of methoxy groups -OCH3 is 1.